The van der Waals surface area contributed by atoms with E-state index in [9.17, 15) is 13.2 Å². The Morgan fingerprint density at radius 3 is 1.32 bits per heavy atom. The van der Waals surface area contributed by atoms with Gasteiger partial charge in [0.1, 0.15) is 5.82 Å². The number of nitrogens with two attached hydrogens (primary N) is 1. The third kappa shape index (κ3) is 16.8. The van der Waals surface area contributed by atoms with E-state index in [1.807, 2.05) is 41.5 Å². The molecule has 2 N–H and O–H groups in total. The molecule has 0 aliphatic rings. The van der Waals surface area contributed by atoms with E-state index in [2.05, 4.69) is 15.7 Å². The molecule has 0 radical (unpaired) electrons. The van der Waals surface area contributed by atoms with Gasteiger partial charge in [0.2, 0.25) is 0 Å². The summed E-state index contributed by atoms with van der Waals surface area (Å²) in [7, 11) is 1.50. The van der Waals surface area contributed by atoms with Gasteiger partial charge in [0.25, 0.3) is 0 Å². The molecule has 0 fully saturated rings. The van der Waals surface area contributed by atoms with E-state index in [1.165, 1.54) is 14.0 Å². The van der Waals surface area contributed by atoms with Gasteiger partial charge in [0, 0.05) is 12.4 Å². The minimum absolute atomic E-state index is 0.331. The highest BCUT2D eigenvalue weighted by Gasteiger charge is 2.31. The summed E-state index contributed by atoms with van der Waals surface area (Å²) in [6, 6.07) is 0. The van der Waals surface area contributed by atoms with Crippen LogP contribution in [0.4, 0.5) is 13.2 Å². The van der Waals surface area contributed by atoms with E-state index in [4.69, 9.17) is 0 Å². The average Bonchev–Trinajstić information content (AvgIpc) is 2.47. The molecule has 1 rings (SSSR count). The summed E-state index contributed by atoms with van der Waals surface area (Å²) in [4.78, 5) is 6.83. The van der Waals surface area contributed by atoms with Crippen molar-refractivity contribution in [3.8, 4) is 0 Å². The van der Waals surface area contributed by atoms with Crippen LogP contribution < -0.4 is 5.73 Å². The van der Waals surface area contributed by atoms with Gasteiger partial charge in [-0.25, -0.2) is 9.97 Å². The first-order valence-corrected chi connectivity index (χ1v) is 6.44. The quantitative estimate of drug-likeness (QED) is 0.765. The fourth-order valence-electron chi connectivity index (χ4n) is 0.539. The van der Waals surface area contributed by atoms with Gasteiger partial charge in [-0.05, 0) is 14.0 Å². The smallest absolute Gasteiger partial charge is 0.333 e. The second-order valence-corrected chi connectivity index (χ2v) is 2.02. The van der Waals surface area contributed by atoms with Crippen LogP contribution in [-0.4, -0.2) is 17.0 Å². The van der Waals surface area contributed by atoms with Gasteiger partial charge >= 0.3 is 6.18 Å². The topological polar surface area (TPSA) is 51.8 Å². The molecule has 1 aromatic rings. The number of nitrogens with zero attached hydrogens (tertiary/aromatic N) is 2. The Morgan fingerprint density at radius 1 is 0.842 bits per heavy atom. The van der Waals surface area contributed by atoms with Gasteiger partial charge in [-0.1, -0.05) is 41.5 Å². The van der Waals surface area contributed by atoms with Crippen LogP contribution in [0.3, 0.4) is 0 Å². The molecule has 0 unspecified atom stereocenters. The molecular formula is C13H28F3N3. The zero-order valence-electron chi connectivity index (χ0n) is 13.3. The molecule has 116 valence electrons. The van der Waals surface area contributed by atoms with Crippen molar-refractivity contribution in [2.75, 3.05) is 7.05 Å². The van der Waals surface area contributed by atoms with Crippen LogP contribution in [0.2, 0.25) is 0 Å². The lowest BCUT2D eigenvalue weighted by molar-refractivity contribution is -0.138. The first kappa shape index (κ1) is 26.4. The Hall–Kier alpha value is -1.17. The highest BCUT2D eigenvalue weighted by atomic mass is 19.4. The summed E-state index contributed by atoms with van der Waals surface area (Å²) in [5.74, 6) is 0.331. The third-order valence-electron chi connectivity index (χ3n) is 1.11. The maximum absolute atomic E-state index is 11.8. The molecule has 0 amide bonds. The van der Waals surface area contributed by atoms with Crippen molar-refractivity contribution in [2.45, 2.75) is 54.6 Å². The molecule has 0 saturated carbocycles. The van der Waals surface area contributed by atoms with E-state index >= 15 is 0 Å². The van der Waals surface area contributed by atoms with Gasteiger partial charge in [0.05, 0.1) is 5.56 Å². The van der Waals surface area contributed by atoms with Crippen LogP contribution in [0, 0.1) is 6.92 Å². The first-order valence-electron chi connectivity index (χ1n) is 6.44. The van der Waals surface area contributed by atoms with E-state index < -0.39 is 11.7 Å². The summed E-state index contributed by atoms with van der Waals surface area (Å²) in [6.45, 7) is 13.5. The summed E-state index contributed by atoms with van der Waals surface area (Å²) in [6.07, 6.45) is -2.81. The van der Waals surface area contributed by atoms with Crippen LogP contribution in [0.5, 0.6) is 0 Å². The van der Waals surface area contributed by atoms with Crippen molar-refractivity contribution in [1.29, 1.82) is 0 Å². The predicted octanol–water partition coefficient (Wildman–Crippen LogP) is 4.46. The molecule has 3 nitrogen and oxygen atoms in total. The van der Waals surface area contributed by atoms with E-state index in [0.717, 1.165) is 12.4 Å². The van der Waals surface area contributed by atoms with Gasteiger partial charge in [0.15, 0.2) is 0 Å². The predicted molar refractivity (Wildman–Crippen MR) is 75.9 cm³/mol. The van der Waals surface area contributed by atoms with E-state index in [0.29, 0.717) is 5.82 Å². The molecule has 0 atom stereocenters. The number of aromatic nitrogens is 2. The van der Waals surface area contributed by atoms with Crippen LogP contribution in [-0.2, 0) is 6.18 Å². The normalized spacial score (nSPS) is 8.00. The molecule has 0 bridgehead atoms. The van der Waals surface area contributed by atoms with Gasteiger partial charge in [-0.15, -0.1) is 0 Å². The highest BCUT2D eigenvalue weighted by Crippen LogP contribution is 2.27. The summed E-state index contributed by atoms with van der Waals surface area (Å²) in [5, 5.41) is 0. The maximum Gasteiger partial charge on any atom is 0.419 e. The molecule has 0 aromatic carbocycles. The summed E-state index contributed by atoms with van der Waals surface area (Å²) in [5.41, 5.74) is 3.68. The monoisotopic (exact) mass is 283 g/mol. The SMILES string of the molecule is CC.CC.CC.CN.Cc1ncc(C(F)(F)F)cn1. The van der Waals surface area contributed by atoms with Crippen LogP contribution in [0.15, 0.2) is 12.4 Å². The van der Waals surface area contributed by atoms with Crippen LogP contribution >= 0.6 is 0 Å². The van der Waals surface area contributed by atoms with E-state index in [1.54, 1.807) is 0 Å². The van der Waals surface area contributed by atoms with Crippen LogP contribution in [0.25, 0.3) is 0 Å². The molecule has 0 aliphatic heterocycles. The molecule has 1 heterocycles. The lowest BCUT2D eigenvalue weighted by Gasteiger charge is -2.03. The lowest BCUT2D eigenvalue weighted by Crippen LogP contribution is -2.06. The first-order chi connectivity index (χ1) is 9.00. The second-order valence-electron chi connectivity index (χ2n) is 2.02. The minimum Gasteiger partial charge on any atom is -0.333 e. The van der Waals surface area contributed by atoms with Gasteiger partial charge in [-0.3, -0.25) is 0 Å². The highest BCUT2D eigenvalue weighted by molar-refractivity contribution is 5.08. The Bertz CT molecular complexity index is 246. The Morgan fingerprint density at radius 2 is 1.11 bits per heavy atom. The fraction of sp³-hybridized carbons (Fsp3) is 0.692. The lowest BCUT2D eigenvalue weighted by atomic mass is 10.3. The zero-order valence-corrected chi connectivity index (χ0v) is 13.3. The number of alkyl halides is 3. The molecule has 0 saturated heterocycles. The molecule has 6 heteroatoms. The van der Waals surface area contributed by atoms with E-state index in [-0.39, 0.29) is 0 Å². The minimum atomic E-state index is -4.34. The van der Waals surface area contributed by atoms with Crippen molar-refractivity contribution in [2.24, 2.45) is 5.73 Å². The molecular weight excluding hydrogens is 255 g/mol. The largest absolute Gasteiger partial charge is 0.419 e. The van der Waals surface area contributed by atoms with Crippen molar-refractivity contribution in [1.82, 2.24) is 9.97 Å². The number of hydrogen-bond donors (Lipinski definition) is 1. The van der Waals surface area contributed by atoms with Crippen LogP contribution in [0.1, 0.15) is 52.9 Å². The summed E-state index contributed by atoms with van der Waals surface area (Å²) < 4.78 is 35.5. The molecule has 0 aliphatic carbocycles. The maximum atomic E-state index is 11.8. The molecule has 19 heavy (non-hydrogen) atoms. The van der Waals surface area contributed by atoms with Crippen molar-refractivity contribution in [3.63, 3.8) is 0 Å². The number of aryl methyl sites for hydroxylation is 1. The number of hydrogen-bond acceptors (Lipinski definition) is 3. The fourth-order valence-corrected chi connectivity index (χ4v) is 0.539. The van der Waals surface area contributed by atoms with Gasteiger partial charge in [-0.2, -0.15) is 13.2 Å². The molecule has 1 aromatic heterocycles. The second kappa shape index (κ2) is 19.2. The van der Waals surface area contributed by atoms with Crippen molar-refractivity contribution in [3.05, 3.63) is 23.8 Å². The Kier molecular flexibility index (Phi) is 26.6. The number of halogens is 3. The summed E-state index contributed by atoms with van der Waals surface area (Å²) >= 11 is 0. The Balaban J connectivity index is -0.000000121. The average molecular weight is 283 g/mol. The third-order valence-corrected chi connectivity index (χ3v) is 1.11. The van der Waals surface area contributed by atoms with Gasteiger partial charge < -0.3 is 5.73 Å². The Labute approximate surface area is 115 Å². The van der Waals surface area contributed by atoms with Crippen molar-refractivity contribution >= 4 is 0 Å². The molecule has 0 spiro atoms. The van der Waals surface area contributed by atoms with Crippen molar-refractivity contribution < 1.29 is 13.2 Å². The number of rotatable bonds is 0. The zero-order chi connectivity index (χ0) is 16.5. The standard InChI is InChI=1S/C6H5F3N2.3C2H6.CH5N/c1-4-10-2-5(3-11-4)6(7,8)9;4*1-2/h2-3H,1H3;3*1-2H3;2H2,1H3.